The average molecular weight is 269 g/mol. The van der Waals surface area contributed by atoms with Crippen molar-refractivity contribution in [3.8, 4) is 0 Å². The van der Waals surface area contributed by atoms with Crippen molar-refractivity contribution < 1.29 is 17.7 Å². The van der Waals surface area contributed by atoms with Crippen molar-refractivity contribution in [1.82, 2.24) is 4.90 Å². The van der Waals surface area contributed by atoms with Crippen LogP contribution >= 0.6 is 0 Å². The van der Waals surface area contributed by atoms with E-state index in [9.17, 15) is 8.42 Å². The van der Waals surface area contributed by atoms with Gasteiger partial charge in [0.1, 0.15) is 0 Å². The van der Waals surface area contributed by atoms with Gasteiger partial charge in [-0.25, -0.2) is 8.42 Å². The van der Waals surface area contributed by atoms with Crippen molar-refractivity contribution in [2.24, 2.45) is 0 Å². The van der Waals surface area contributed by atoms with E-state index in [0.29, 0.717) is 18.1 Å². The number of rotatable bonds is 2. The molecular formula is C11H16BNO4S. The third-order valence-corrected chi connectivity index (χ3v) is 3.58. The first-order valence-corrected chi connectivity index (χ1v) is 7.00. The molecule has 0 aliphatic carbocycles. The Morgan fingerprint density at radius 3 is 2.17 bits per heavy atom. The van der Waals surface area contributed by atoms with Crippen LogP contribution in [0.15, 0.2) is 29.2 Å². The lowest BCUT2D eigenvalue weighted by molar-refractivity contribution is 0.132. The van der Waals surface area contributed by atoms with Gasteiger partial charge in [0, 0.05) is 26.3 Å². The summed E-state index contributed by atoms with van der Waals surface area (Å²) >= 11 is 0. The van der Waals surface area contributed by atoms with Crippen molar-refractivity contribution in [3.05, 3.63) is 24.3 Å². The molecule has 2 rings (SSSR count). The number of likely N-dealkylation sites (N-methyl/N-ethyl adjacent to an activating group) is 1. The van der Waals surface area contributed by atoms with Crippen LogP contribution in [0.2, 0.25) is 0 Å². The predicted octanol–water partition coefficient (Wildman–Crippen LogP) is -0.669. The normalized spacial score (nSPS) is 18.7. The number of benzene rings is 1. The molecule has 1 heterocycles. The van der Waals surface area contributed by atoms with Gasteiger partial charge in [0.05, 0.1) is 4.90 Å². The molecule has 1 fully saturated rings. The molecular weight excluding hydrogens is 253 g/mol. The molecule has 7 heteroatoms. The largest absolute Gasteiger partial charge is 0.493 e. The van der Waals surface area contributed by atoms with Gasteiger partial charge in [-0.1, -0.05) is 12.1 Å². The van der Waals surface area contributed by atoms with Crippen LogP contribution in [0.1, 0.15) is 0 Å². The molecule has 18 heavy (non-hydrogen) atoms. The fraction of sp³-hybridized carbons (Fsp3) is 0.455. The number of hydrogen-bond donors (Lipinski definition) is 1. The summed E-state index contributed by atoms with van der Waals surface area (Å²) in [5.74, 6) is 0. The molecule has 0 radical (unpaired) electrons. The van der Waals surface area contributed by atoms with E-state index < -0.39 is 17.8 Å². The van der Waals surface area contributed by atoms with Gasteiger partial charge in [-0.15, -0.1) is 0 Å². The molecule has 1 aliphatic heterocycles. The number of thiol groups is 1. The highest BCUT2D eigenvalue weighted by Gasteiger charge is 2.23. The number of nitrogens with zero attached hydrogens (tertiary/aromatic N) is 1. The van der Waals surface area contributed by atoms with Crippen molar-refractivity contribution in [2.45, 2.75) is 4.90 Å². The Bertz CT molecular complexity index is 445. The highest BCUT2D eigenvalue weighted by molar-refractivity contribution is 7.72. The topological polar surface area (TPSA) is 55.8 Å². The Morgan fingerprint density at radius 2 is 1.67 bits per heavy atom. The van der Waals surface area contributed by atoms with E-state index in [4.69, 9.17) is 9.31 Å². The molecule has 1 saturated heterocycles. The zero-order valence-corrected chi connectivity index (χ0v) is 11.1. The molecule has 0 N–H and O–H groups in total. The van der Waals surface area contributed by atoms with Crippen LogP contribution in [-0.4, -0.2) is 53.8 Å². The van der Waals surface area contributed by atoms with Gasteiger partial charge >= 0.3 is 7.12 Å². The maximum absolute atomic E-state index is 10.8. The monoisotopic (exact) mass is 269 g/mol. The molecule has 0 bridgehead atoms. The van der Waals surface area contributed by atoms with Crippen molar-refractivity contribution in [1.29, 1.82) is 0 Å². The number of hydrogen-bond acceptors (Lipinski definition) is 5. The van der Waals surface area contributed by atoms with E-state index in [0.717, 1.165) is 18.6 Å². The summed E-state index contributed by atoms with van der Waals surface area (Å²) in [5.41, 5.74) is 0.847. The lowest BCUT2D eigenvalue weighted by Gasteiger charge is -2.23. The highest BCUT2D eigenvalue weighted by atomic mass is 32.2. The maximum atomic E-state index is 10.8. The van der Waals surface area contributed by atoms with Gasteiger partial charge in [0.15, 0.2) is 10.7 Å². The van der Waals surface area contributed by atoms with Crippen LogP contribution in [0, 0.1) is 0 Å². The fourth-order valence-corrected chi connectivity index (χ4v) is 2.13. The minimum Gasteiger partial charge on any atom is -0.406 e. The van der Waals surface area contributed by atoms with E-state index in [2.05, 4.69) is 4.90 Å². The Kier molecular flexibility index (Phi) is 4.76. The van der Waals surface area contributed by atoms with Crippen LogP contribution < -0.4 is 5.46 Å². The zero-order valence-electron chi connectivity index (χ0n) is 10.2. The van der Waals surface area contributed by atoms with E-state index >= 15 is 0 Å². The second kappa shape index (κ2) is 6.33. The molecule has 0 amide bonds. The zero-order chi connectivity index (χ0) is 13.0. The summed E-state index contributed by atoms with van der Waals surface area (Å²) < 4.78 is 32.8. The molecule has 5 nitrogen and oxygen atoms in total. The van der Waals surface area contributed by atoms with E-state index in [-0.39, 0.29) is 0 Å². The molecule has 0 saturated carbocycles. The first-order chi connectivity index (χ1) is 8.66. The smallest absolute Gasteiger partial charge is 0.406 e. The minimum absolute atomic E-state index is 0.305. The third kappa shape index (κ3) is 3.55. The Labute approximate surface area is 109 Å². The highest BCUT2D eigenvalue weighted by Crippen LogP contribution is 2.02. The minimum atomic E-state index is -2.53. The first kappa shape index (κ1) is 13.5. The van der Waals surface area contributed by atoms with Gasteiger partial charge in [0.25, 0.3) is 0 Å². The third-order valence-electron chi connectivity index (χ3n) is 2.86. The molecule has 1 aromatic carbocycles. The molecule has 1 aliphatic rings. The Hall–Kier alpha value is -0.885. The summed E-state index contributed by atoms with van der Waals surface area (Å²) in [4.78, 5) is 2.45. The fourth-order valence-electron chi connectivity index (χ4n) is 1.74. The lowest BCUT2D eigenvalue weighted by atomic mass is 9.79. The van der Waals surface area contributed by atoms with Crippen LogP contribution in [-0.2, 0) is 20.0 Å². The molecule has 1 aromatic rings. The van der Waals surface area contributed by atoms with E-state index in [1.165, 1.54) is 0 Å². The standard InChI is InChI=1S/C11H16BNO4S/c1-13-6-8-16-12(17-9-7-13)10-2-4-11(5-3-10)18(14)15/h2-5,18H,6-9H2,1H3. The maximum Gasteiger partial charge on any atom is 0.493 e. The summed E-state index contributed by atoms with van der Waals surface area (Å²) in [6.07, 6.45) is 0. The van der Waals surface area contributed by atoms with E-state index in [1.807, 2.05) is 7.05 Å². The van der Waals surface area contributed by atoms with Crippen LogP contribution in [0.25, 0.3) is 0 Å². The molecule has 0 atom stereocenters. The van der Waals surface area contributed by atoms with Gasteiger partial charge in [-0.3, -0.25) is 0 Å². The van der Waals surface area contributed by atoms with E-state index in [1.54, 1.807) is 24.3 Å². The summed E-state index contributed by atoms with van der Waals surface area (Å²) in [6, 6.07) is 6.60. The van der Waals surface area contributed by atoms with Gasteiger partial charge in [-0.2, -0.15) is 0 Å². The second-order valence-electron chi connectivity index (χ2n) is 4.23. The SMILES string of the molecule is CN1CCOB(c2ccc([SH](=O)=O)cc2)OCC1. The summed E-state index contributed by atoms with van der Waals surface area (Å²) in [5, 5.41) is 0. The molecule has 0 unspecified atom stereocenters. The molecule has 0 spiro atoms. The molecule has 98 valence electrons. The first-order valence-electron chi connectivity index (χ1n) is 5.83. The van der Waals surface area contributed by atoms with Crippen molar-refractivity contribution in [3.63, 3.8) is 0 Å². The van der Waals surface area contributed by atoms with Crippen LogP contribution in [0.4, 0.5) is 0 Å². The summed E-state index contributed by atoms with van der Waals surface area (Å²) in [7, 11) is -0.914. The van der Waals surface area contributed by atoms with Gasteiger partial charge in [0.2, 0.25) is 0 Å². The lowest BCUT2D eigenvalue weighted by Crippen LogP contribution is -2.43. The van der Waals surface area contributed by atoms with Crippen LogP contribution in [0.3, 0.4) is 0 Å². The Balaban J connectivity index is 2.05. The Morgan fingerprint density at radius 1 is 1.11 bits per heavy atom. The van der Waals surface area contributed by atoms with Crippen molar-refractivity contribution in [2.75, 3.05) is 33.4 Å². The van der Waals surface area contributed by atoms with Gasteiger partial charge < -0.3 is 14.2 Å². The summed E-state index contributed by atoms with van der Waals surface area (Å²) in [6.45, 7) is 2.92. The predicted molar refractivity (Wildman–Crippen MR) is 69.8 cm³/mol. The quantitative estimate of drug-likeness (QED) is 0.570. The average Bonchev–Trinajstić information content (AvgIpc) is 2.34. The second-order valence-corrected chi connectivity index (χ2v) is 5.26. The van der Waals surface area contributed by atoms with Crippen molar-refractivity contribution >= 4 is 23.3 Å². The molecule has 0 aromatic heterocycles. The van der Waals surface area contributed by atoms with Crippen LogP contribution in [0.5, 0.6) is 0 Å². The van der Waals surface area contributed by atoms with Gasteiger partial charge in [-0.05, 0) is 24.6 Å².